The van der Waals surface area contributed by atoms with E-state index < -0.39 is 21.8 Å². The van der Waals surface area contributed by atoms with Crippen molar-refractivity contribution in [2.24, 2.45) is 0 Å². The Hall–Kier alpha value is -2.71. The standard InChI is InChI=1S/C22H23FN2O4S/c1-14-3-2-4-20-22(14)18-13-16(7-10-19(18)25(20)12-11-21(26)27)24-30(28,29)17-8-5-15(23)6-9-17/h2-6,8-9,16,24H,7,10-13H2,1H3,(H,26,27)/t16-/m1/s1. The van der Waals surface area contributed by atoms with E-state index in [1.165, 1.54) is 12.1 Å². The molecule has 1 aromatic heterocycles. The van der Waals surface area contributed by atoms with Crippen molar-refractivity contribution >= 4 is 26.9 Å². The molecule has 6 nitrogen and oxygen atoms in total. The number of fused-ring (bicyclic) bond motifs is 3. The third kappa shape index (κ3) is 3.85. The average molecular weight is 431 g/mol. The van der Waals surface area contributed by atoms with Crippen molar-refractivity contribution in [2.45, 2.75) is 50.1 Å². The van der Waals surface area contributed by atoms with Crippen LogP contribution in [0.4, 0.5) is 4.39 Å². The van der Waals surface area contributed by atoms with Gasteiger partial charge in [-0.3, -0.25) is 4.79 Å². The van der Waals surface area contributed by atoms with Crippen molar-refractivity contribution in [1.82, 2.24) is 9.29 Å². The monoisotopic (exact) mass is 430 g/mol. The Morgan fingerprint density at radius 1 is 1.23 bits per heavy atom. The Bertz CT molecular complexity index is 1220. The van der Waals surface area contributed by atoms with Gasteiger partial charge in [0.25, 0.3) is 0 Å². The summed E-state index contributed by atoms with van der Waals surface area (Å²) in [6.45, 7) is 2.40. The highest BCUT2D eigenvalue weighted by Crippen LogP contribution is 2.34. The van der Waals surface area contributed by atoms with Crippen molar-refractivity contribution in [3.05, 3.63) is 65.1 Å². The number of nitrogens with zero attached hydrogens (tertiary/aromatic N) is 1. The first-order chi connectivity index (χ1) is 14.3. The number of sulfonamides is 1. The molecule has 1 aliphatic carbocycles. The minimum absolute atomic E-state index is 0.0325. The molecule has 0 unspecified atom stereocenters. The zero-order valence-electron chi connectivity index (χ0n) is 16.6. The Labute approximate surface area is 174 Å². The summed E-state index contributed by atoms with van der Waals surface area (Å²) in [6.07, 6.45) is 1.82. The highest BCUT2D eigenvalue weighted by Gasteiger charge is 2.29. The first kappa shape index (κ1) is 20.6. The predicted molar refractivity (Wildman–Crippen MR) is 111 cm³/mol. The number of aryl methyl sites for hydroxylation is 2. The largest absolute Gasteiger partial charge is 0.481 e. The molecule has 2 aromatic carbocycles. The minimum atomic E-state index is -3.76. The van der Waals surface area contributed by atoms with Gasteiger partial charge in [-0.15, -0.1) is 0 Å². The number of benzene rings is 2. The molecule has 4 rings (SSSR count). The molecule has 8 heteroatoms. The zero-order chi connectivity index (χ0) is 21.5. The van der Waals surface area contributed by atoms with E-state index >= 15 is 0 Å². The molecule has 0 radical (unpaired) electrons. The van der Waals surface area contributed by atoms with Gasteiger partial charge >= 0.3 is 5.97 Å². The summed E-state index contributed by atoms with van der Waals surface area (Å²) in [6, 6.07) is 10.4. The third-order valence-electron chi connectivity index (χ3n) is 5.69. The molecule has 0 spiro atoms. The van der Waals surface area contributed by atoms with Crippen LogP contribution in [0.25, 0.3) is 10.9 Å². The number of nitrogens with one attached hydrogen (secondary N) is 1. The van der Waals surface area contributed by atoms with Crippen molar-refractivity contribution in [1.29, 1.82) is 0 Å². The molecule has 0 saturated heterocycles. The Morgan fingerprint density at radius 3 is 2.67 bits per heavy atom. The maximum Gasteiger partial charge on any atom is 0.305 e. The van der Waals surface area contributed by atoms with Gasteiger partial charge in [0, 0.05) is 29.2 Å². The molecule has 1 heterocycles. The summed E-state index contributed by atoms with van der Waals surface area (Å²) in [4.78, 5) is 11.2. The highest BCUT2D eigenvalue weighted by atomic mass is 32.2. The molecular formula is C22H23FN2O4S. The van der Waals surface area contributed by atoms with E-state index in [1.54, 1.807) is 0 Å². The van der Waals surface area contributed by atoms with Gasteiger partial charge in [-0.1, -0.05) is 12.1 Å². The fourth-order valence-electron chi connectivity index (χ4n) is 4.35. The lowest BCUT2D eigenvalue weighted by atomic mass is 9.91. The minimum Gasteiger partial charge on any atom is -0.481 e. The summed E-state index contributed by atoms with van der Waals surface area (Å²) in [7, 11) is -3.76. The van der Waals surface area contributed by atoms with Crippen LogP contribution in [0.1, 0.15) is 29.7 Å². The summed E-state index contributed by atoms with van der Waals surface area (Å²) < 4.78 is 43.4. The molecule has 3 aromatic rings. The van der Waals surface area contributed by atoms with Crippen molar-refractivity contribution < 1.29 is 22.7 Å². The van der Waals surface area contributed by atoms with E-state index in [-0.39, 0.29) is 17.4 Å². The molecule has 0 bridgehead atoms. The van der Waals surface area contributed by atoms with Gasteiger partial charge < -0.3 is 9.67 Å². The van der Waals surface area contributed by atoms with Crippen LogP contribution in [-0.4, -0.2) is 30.1 Å². The van der Waals surface area contributed by atoms with E-state index in [9.17, 15) is 17.6 Å². The van der Waals surface area contributed by atoms with Crippen LogP contribution in [0.15, 0.2) is 47.4 Å². The molecule has 30 heavy (non-hydrogen) atoms. The van der Waals surface area contributed by atoms with Gasteiger partial charge in [0.2, 0.25) is 10.0 Å². The Morgan fingerprint density at radius 2 is 1.97 bits per heavy atom. The topological polar surface area (TPSA) is 88.4 Å². The maximum absolute atomic E-state index is 13.1. The number of halogens is 1. The summed E-state index contributed by atoms with van der Waals surface area (Å²) in [5.41, 5.74) is 4.23. The molecule has 0 fully saturated rings. The van der Waals surface area contributed by atoms with Crippen LogP contribution in [0.5, 0.6) is 0 Å². The van der Waals surface area contributed by atoms with Gasteiger partial charge in [0.05, 0.1) is 11.3 Å². The molecule has 0 saturated carbocycles. The normalized spacial score (nSPS) is 16.5. The molecule has 0 aliphatic heterocycles. The predicted octanol–water partition coefficient (Wildman–Crippen LogP) is 3.40. The average Bonchev–Trinajstić information content (AvgIpc) is 3.00. The maximum atomic E-state index is 13.1. The fraction of sp³-hybridized carbons (Fsp3) is 0.318. The van der Waals surface area contributed by atoms with Crippen LogP contribution < -0.4 is 4.72 Å². The van der Waals surface area contributed by atoms with Gasteiger partial charge in [-0.25, -0.2) is 17.5 Å². The van der Waals surface area contributed by atoms with Gasteiger partial charge in [-0.05, 0) is 67.6 Å². The van der Waals surface area contributed by atoms with E-state index in [4.69, 9.17) is 5.11 Å². The first-order valence-corrected chi connectivity index (χ1v) is 11.3. The molecule has 1 aliphatic rings. The number of hydrogen-bond acceptors (Lipinski definition) is 3. The number of hydrogen-bond donors (Lipinski definition) is 2. The summed E-state index contributed by atoms with van der Waals surface area (Å²) >= 11 is 0. The van der Waals surface area contributed by atoms with Crippen molar-refractivity contribution in [2.75, 3.05) is 0 Å². The molecule has 1 atom stereocenters. The van der Waals surface area contributed by atoms with E-state index in [1.807, 2.05) is 25.1 Å². The smallest absolute Gasteiger partial charge is 0.305 e. The lowest BCUT2D eigenvalue weighted by Gasteiger charge is -2.25. The van der Waals surface area contributed by atoms with E-state index in [2.05, 4.69) is 9.29 Å². The number of aromatic nitrogens is 1. The molecular weight excluding hydrogens is 407 g/mol. The lowest BCUT2D eigenvalue weighted by Crippen LogP contribution is -2.39. The molecule has 0 amide bonds. The van der Waals surface area contributed by atoms with E-state index in [0.717, 1.165) is 39.9 Å². The second-order valence-electron chi connectivity index (χ2n) is 7.70. The van der Waals surface area contributed by atoms with E-state index in [0.29, 0.717) is 25.8 Å². The van der Waals surface area contributed by atoms with Crippen LogP contribution in [0.2, 0.25) is 0 Å². The molecule has 2 N–H and O–H groups in total. The highest BCUT2D eigenvalue weighted by molar-refractivity contribution is 7.89. The fourth-order valence-corrected chi connectivity index (χ4v) is 5.62. The number of carboxylic acid groups (broad SMARTS) is 1. The van der Waals surface area contributed by atoms with Crippen LogP contribution in [0.3, 0.4) is 0 Å². The summed E-state index contributed by atoms with van der Waals surface area (Å²) in [5.74, 6) is -1.33. The second kappa shape index (κ2) is 7.85. The van der Waals surface area contributed by atoms with Crippen LogP contribution in [-0.2, 0) is 34.2 Å². The second-order valence-corrected chi connectivity index (χ2v) is 9.42. The summed E-state index contributed by atoms with van der Waals surface area (Å²) in [5, 5.41) is 10.2. The van der Waals surface area contributed by atoms with Crippen LogP contribution >= 0.6 is 0 Å². The Kier molecular flexibility index (Phi) is 5.38. The molecule has 158 valence electrons. The van der Waals surface area contributed by atoms with Gasteiger partial charge in [0.15, 0.2) is 0 Å². The lowest BCUT2D eigenvalue weighted by molar-refractivity contribution is -0.137. The van der Waals surface area contributed by atoms with Crippen LogP contribution in [0, 0.1) is 12.7 Å². The SMILES string of the molecule is Cc1cccc2c1c1c(n2CCC(=O)O)CC[C@@H](NS(=O)(=O)c2ccc(F)cc2)C1. The first-order valence-electron chi connectivity index (χ1n) is 9.85. The van der Waals surface area contributed by atoms with Gasteiger partial charge in [0.1, 0.15) is 5.82 Å². The Balaban J connectivity index is 1.66. The number of carboxylic acids is 1. The quantitative estimate of drug-likeness (QED) is 0.627. The van der Waals surface area contributed by atoms with Crippen molar-refractivity contribution in [3.63, 3.8) is 0 Å². The van der Waals surface area contributed by atoms with Gasteiger partial charge in [-0.2, -0.15) is 0 Å². The third-order valence-corrected chi connectivity index (χ3v) is 7.23. The van der Waals surface area contributed by atoms with Crippen molar-refractivity contribution in [3.8, 4) is 0 Å². The number of aliphatic carboxylic acids is 1. The zero-order valence-corrected chi connectivity index (χ0v) is 17.4. The number of carbonyl (C=O) groups is 1. The number of rotatable bonds is 6.